The predicted molar refractivity (Wildman–Crippen MR) is 94.7 cm³/mol. The zero-order chi connectivity index (χ0) is 15.0. The highest BCUT2D eigenvalue weighted by molar-refractivity contribution is 5.85. The summed E-state index contributed by atoms with van der Waals surface area (Å²) in [5.74, 6) is 0.411. The van der Waals surface area contributed by atoms with Crippen LogP contribution < -0.4 is 5.32 Å². The van der Waals surface area contributed by atoms with E-state index in [4.69, 9.17) is 0 Å². The molecule has 0 saturated carbocycles. The smallest absolute Gasteiger partial charge is 0.0700 e. The fraction of sp³-hybridized carbons (Fsp3) is 0.667. The zero-order valence-corrected chi connectivity index (χ0v) is 14.7. The van der Waals surface area contributed by atoms with Gasteiger partial charge in [0.1, 0.15) is 0 Å². The number of benzene rings is 1. The summed E-state index contributed by atoms with van der Waals surface area (Å²) in [7, 11) is 0. The largest absolute Gasteiger partial charge is 0.391 e. The molecule has 0 spiro atoms. The molecule has 1 aromatic carbocycles. The van der Waals surface area contributed by atoms with Crippen LogP contribution in [0, 0.1) is 11.3 Å². The van der Waals surface area contributed by atoms with E-state index in [9.17, 15) is 5.11 Å². The summed E-state index contributed by atoms with van der Waals surface area (Å²) in [5.41, 5.74) is 4.36. The van der Waals surface area contributed by atoms with Gasteiger partial charge < -0.3 is 10.4 Å². The average Bonchev–Trinajstić information content (AvgIpc) is 2.86. The van der Waals surface area contributed by atoms with Gasteiger partial charge in [0.15, 0.2) is 0 Å². The molecule has 0 radical (unpaired) electrons. The molecule has 3 nitrogen and oxygen atoms in total. The topological polar surface area (TPSA) is 35.5 Å². The predicted octanol–water partition coefficient (Wildman–Crippen LogP) is 3.31. The number of likely N-dealkylation sites (tertiary alicyclic amines) is 1. The first kappa shape index (κ1) is 17.6. The van der Waals surface area contributed by atoms with E-state index in [1.807, 2.05) is 0 Å². The number of aliphatic hydroxyl groups excluding tert-OH is 1. The van der Waals surface area contributed by atoms with Crippen molar-refractivity contribution in [3.63, 3.8) is 0 Å². The highest BCUT2D eigenvalue weighted by atomic mass is 35.5. The number of hydrogen-bond donors (Lipinski definition) is 2. The molecule has 2 heterocycles. The van der Waals surface area contributed by atoms with Crippen LogP contribution in [0.3, 0.4) is 0 Å². The molecule has 0 aromatic heterocycles. The molecule has 1 saturated heterocycles. The maximum absolute atomic E-state index is 10.5. The lowest BCUT2D eigenvalue weighted by Gasteiger charge is -2.42. The second kappa shape index (κ2) is 6.77. The molecule has 0 bridgehead atoms. The van der Waals surface area contributed by atoms with Crippen LogP contribution in [0.1, 0.15) is 38.3 Å². The van der Waals surface area contributed by atoms with Crippen molar-refractivity contribution in [2.24, 2.45) is 11.3 Å². The quantitative estimate of drug-likeness (QED) is 0.876. The Hall–Kier alpha value is -0.770. The monoisotopic (exact) mass is 324 g/mol. The number of nitrogens with one attached hydrogen (secondary N) is 1. The molecular formula is C18H29ClN2O. The van der Waals surface area contributed by atoms with E-state index in [0.717, 1.165) is 39.0 Å². The number of halogens is 1. The first-order valence-electron chi connectivity index (χ1n) is 8.20. The fourth-order valence-electron chi connectivity index (χ4n) is 3.93. The lowest BCUT2D eigenvalue weighted by atomic mass is 9.73. The fourth-order valence-corrected chi connectivity index (χ4v) is 3.93. The van der Waals surface area contributed by atoms with Gasteiger partial charge in [-0.2, -0.15) is 0 Å². The van der Waals surface area contributed by atoms with Gasteiger partial charge in [-0.05, 0) is 41.8 Å². The summed E-state index contributed by atoms with van der Waals surface area (Å²) >= 11 is 0. The van der Waals surface area contributed by atoms with Crippen molar-refractivity contribution < 1.29 is 5.11 Å². The van der Waals surface area contributed by atoms with E-state index in [-0.39, 0.29) is 23.9 Å². The SMILES string of the molecule is CC(C)(C)C1CCN(Cc2cccc3c2NCC3)CC1O.Cl. The third-order valence-electron chi connectivity index (χ3n) is 5.11. The Labute approximate surface area is 140 Å². The molecular weight excluding hydrogens is 296 g/mol. The average molecular weight is 325 g/mol. The van der Waals surface area contributed by atoms with Gasteiger partial charge in [-0.15, -0.1) is 12.4 Å². The molecule has 2 N–H and O–H groups in total. The number of para-hydroxylation sites is 1. The lowest BCUT2D eigenvalue weighted by molar-refractivity contribution is -0.0264. The van der Waals surface area contributed by atoms with Crippen LogP contribution in [-0.2, 0) is 13.0 Å². The summed E-state index contributed by atoms with van der Waals surface area (Å²) in [4.78, 5) is 2.41. The van der Waals surface area contributed by atoms with Gasteiger partial charge in [-0.25, -0.2) is 0 Å². The molecule has 2 aliphatic heterocycles. The Balaban J connectivity index is 0.00000176. The van der Waals surface area contributed by atoms with Gasteiger partial charge in [0.05, 0.1) is 6.10 Å². The minimum absolute atomic E-state index is 0. The third-order valence-corrected chi connectivity index (χ3v) is 5.11. The maximum Gasteiger partial charge on any atom is 0.0700 e. The molecule has 0 amide bonds. The van der Waals surface area contributed by atoms with Crippen LogP contribution >= 0.6 is 12.4 Å². The number of nitrogens with zero attached hydrogens (tertiary/aromatic N) is 1. The summed E-state index contributed by atoms with van der Waals surface area (Å²) < 4.78 is 0. The molecule has 22 heavy (non-hydrogen) atoms. The summed E-state index contributed by atoms with van der Waals surface area (Å²) in [6.45, 7) is 10.6. The molecule has 2 aliphatic rings. The summed E-state index contributed by atoms with van der Waals surface area (Å²) in [6, 6.07) is 6.61. The van der Waals surface area contributed by atoms with Gasteiger partial charge in [0.25, 0.3) is 0 Å². The maximum atomic E-state index is 10.5. The second-order valence-electron chi connectivity index (χ2n) is 7.69. The number of piperidine rings is 1. The molecule has 1 fully saturated rings. The molecule has 0 aliphatic carbocycles. The van der Waals surface area contributed by atoms with E-state index in [0.29, 0.717) is 5.92 Å². The molecule has 124 valence electrons. The van der Waals surface area contributed by atoms with Gasteiger partial charge in [-0.1, -0.05) is 39.0 Å². The van der Waals surface area contributed by atoms with Crippen LogP contribution in [0.2, 0.25) is 0 Å². The van der Waals surface area contributed by atoms with Gasteiger partial charge in [0, 0.05) is 25.3 Å². The van der Waals surface area contributed by atoms with Crippen LogP contribution in [-0.4, -0.2) is 35.7 Å². The van der Waals surface area contributed by atoms with Crippen molar-refractivity contribution in [2.45, 2.75) is 46.3 Å². The van der Waals surface area contributed by atoms with Crippen LogP contribution in [0.5, 0.6) is 0 Å². The van der Waals surface area contributed by atoms with Crippen molar-refractivity contribution in [1.82, 2.24) is 4.90 Å². The van der Waals surface area contributed by atoms with Crippen molar-refractivity contribution in [3.05, 3.63) is 29.3 Å². The van der Waals surface area contributed by atoms with Crippen molar-refractivity contribution >= 4 is 18.1 Å². The summed E-state index contributed by atoms with van der Waals surface area (Å²) in [6.07, 6.45) is 2.02. The number of rotatable bonds is 2. The zero-order valence-electron chi connectivity index (χ0n) is 13.9. The first-order chi connectivity index (χ1) is 9.95. The molecule has 4 heteroatoms. The Bertz CT molecular complexity index is 512. The summed E-state index contributed by atoms with van der Waals surface area (Å²) in [5, 5.41) is 14.0. The Kier molecular flexibility index (Phi) is 5.41. The van der Waals surface area contributed by atoms with Gasteiger partial charge >= 0.3 is 0 Å². The number of anilines is 1. The number of β-amino-alcohol motifs (C(OH)–C–C–N with tert-alkyl or cyclic N) is 1. The van der Waals surface area contributed by atoms with E-state index < -0.39 is 0 Å². The van der Waals surface area contributed by atoms with Crippen molar-refractivity contribution in [1.29, 1.82) is 0 Å². The normalized spacial score (nSPS) is 25.3. The molecule has 1 aromatic rings. The van der Waals surface area contributed by atoms with Crippen molar-refractivity contribution in [3.8, 4) is 0 Å². The van der Waals surface area contributed by atoms with Crippen molar-refractivity contribution in [2.75, 3.05) is 25.0 Å². The molecule has 2 unspecified atom stereocenters. The lowest BCUT2D eigenvalue weighted by Crippen LogP contribution is -2.47. The van der Waals surface area contributed by atoms with E-state index in [1.165, 1.54) is 16.8 Å². The van der Waals surface area contributed by atoms with E-state index in [1.54, 1.807) is 0 Å². The minimum Gasteiger partial charge on any atom is -0.391 e. The van der Waals surface area contributed by atoms with E-state index >= 15 is 0 Å². The standard InChI is InChI=1S/C18H28N2O.ClH/c1-18(2,3)15-8-10-20(12-16(15)21)11-14-6-4-5-13-7-9-19-17(13)14;/h4-6,15-16,19,21H,7-12H2,1-3H3;1H. The number of aliphatic hydroxyl groups is 1. The highest BCUT2D eigenvalue weighted by Gasteiger charge is 2.35. The minimum atomic E-state index is -0.205. The molecule has 2 atom stereocenters. The van der Waals surface area contributed by atoms with E-state index in [2.05, 4.69) is 49.2 Å². The van der Waals surface area contributed by atoms with Gasteiger partial charge in [-0.3, -0.25) is 4.90 Å². The Morgan fingerprint density at radius 3 is 2.77 bits per heavy atom. The molecule has 3 rings (SSSR count). The van der Waals surface area contributed by atoms with Gasteiger partial charge in [0.2, 0.25) is 0 Å². The van der Waals surface area contributed by atoms with Crippen LogP contribution in [0.15, 0.2) is 18.2 Å². The second-order valence-corrected chi connectivity index (χ2v) is 7.69. The first-order valence-corrected chi connectivity index (χ1v) is 8.20. The number of hydrogen-bond acceptors (Lipinski definition) is 3. The Morgan fingerprint density at radius 1 is 1.32 bits per heavy atom. The Morgan fingerprint density at radius 2 is 2.09 bits per heavy atom. The van der Waals surface area contributed by atoms with Crippen LogP contribution in [0.4, 0.5) is 5.69 Å². The van der Waals surface area contributed by atoms with Crippen LogP contribution in [0.25, 0.3) is 0 Å². The number of fused-ring (bicyclic) bond motifs is 1. The highest BCUT2D eigenvalue weighted by Crippen LogP contribution is 2.35. The third kappa shape index (κ3) is 3.58.